The van der Waals surface area contributed by atoms with Crippen LogP contribution in [0.25, 0.3) is 5.32 Å². The second-order valence-corrected chi connectivity index (χ2v) is 7.21. The van der Waals surface area contributed by atoms with Crippen molar-refractivity contribution in [2.24, 2.45) is 0 Å². The largest absolute Gasteiger partial charge is 1.00 e. The molecule has 0 bridgehead atoms. The number of amides is 1. The van der Waals surface area contributed by atoms with E-state index in [4.69, 9.17) is 0 Å². The summed E-state index contributed by atoms with van der Waals surface area (Å²) >= 11 is 0. The van der Waals surface area contributed by atoms with Crippen LogP contribution in [0.2, 0.25) is 0 Å². The van der Waals surface area contributed by atoms with E-state index in [0.29, 0.717) is 6.42 Å². The van der Waals surface area contributed by atoms with Gasteiger partial charge in [-0.05, 0) is 18.1 Å². The van der Waals surface area contributed by atoms with Gasteiger partial charge in [-0.15, -0.1) is 0 Å². The van der Waals surface area contributed by atoms with Gasteiger partial charge in [0.2, 0.25) is 10.9 Å². The molecule has 0 unspecified atom stereocenters. The minimum absolute atomic E-state index is 0. The van der Waals surface area contributed by atoms with E-state index in [0.717, 1.165) is 5.56 Å². The number of nitrogens with one attached hydrogen (secondary N) is 1. The molecular weight excluding hydrogens is 403 g/mol. The zero-order chi connectivity index (χ0) is 22.7. The SMILES string of the molecule is CC[C@@H](Nc1c([N-]c2cc(C#N)cc(C(=O)N(C)C)c2O)c(=O)c1=O)c1ccccc1.[Li+]. The molecule has 0 aliphatic heterocycles. The zero-order valence-corrected chi connectivity index (χ0v) is 18.3. The third-order valence-corrected chi connectivity index (χ3v) is 4.90. The van der Waals surface area contributed by atoms with Crippen LogP contribution in [0.4, 0.5) is 17.1 Å². The van der Waals surface area contributed by atoms with Gasteiger partial charge in [0.1, 0.15) is 5.75 Å². The fourth-order valence-electron chi connectivity index (χ4n) is 3.19. The number of nitrogens with zero attached hydrogens (tertiary/aromatic N) is 3. The van der Waals surface area contributed by atoms with E-state index in [2.05, 4.69) is 10.6 Å². The van der Waals surface area contributed by atoms with Crippen molar-refractivity contribution in [1.82, 2.24) is 4.90 Å². The summed E-state index contributed by atoms with van der Waals surface area (Å²) in [5, 5.41) is 27.0. The van der Waals surface area contributed by atoms with Gasteiger partial charge in [-0.3, -0.25) is 14.4 Å². The molecule has 0 aliphatic carbocycles. The van der Waals surface area contributed by atoms with E-state index in [1.807, 2.05) is 43.3 Å². The number of benzene rings is 2. The van der Waals surface area contributed by atoms with Gasteiger partial charge in [-0.1, -0.05) is 54.7 Å². The number of nitriles is 1. The van der Waals surface area contributed by atoms with Crippen LogP contribution in [0, 0.1) is 11.3 Å². The molecule has 158 valence electrons. The Morgan fingerprint density at radius 1 is 1.19 bits per heavy atom. The quantitative estimate of drug-likeness (QED) is 0.420. The predicted molar refractivity (Wildman–Crippen MR) is 118 cm³/mol. The summed E-state index contributed by atoms with van der Waals surface area (Å²) in [5.74, 6) is -0.990. The first kappa shape index (κ1) is 24.7. The van der Waals surface area contributed by atoms with E-state index in [1.165, 1.54) is 31.1 Å². The van der Waals surface area contributed by atoms with Crippen molar-refractivity contribution < 1.29 is 28.8 Å². The van der Waals surface area contributed by atoms with Crippen LogP contribution in [0.1, 0.15) is 40.9 Å². The second kappa shape index (κ2) is 10.2. The maximum Gasteiger partial charge on any atom is 1.00 e. The van der Waals surface area contributed by atoms with E-state index < -0.39 is 22.5 Å². The summed E-state index contributed by atoms with van der Waals surface area (Å²) in [7, 11) is 3.01. The molecule has 8 nitrogen and oxygen atoms in total. The average Bonchev–Trinajstić information content (AvgIpc) is 2.79. The van der Waals surface area contributed by atoms with Crippen LogP contribution in [-0.4, -0.2) is 30.0 Å². The van der Waals surface area contributed by atoms with Crippen molar-refractivity contribution in [1.29, 1.82) is 5.26 Å². The van der Waals surface area contributed by atoms with E-state index in [1.54, 1.807) is 0 Å². The fourth-order valence-corrected chi connectivity index (χ4v) is 3.19. The van der Waals surface area contributed by atoms with Crippen molar-refractivity contribution in [2.75, 3.05) is 19.4 Å². The minimum Gasteiger partial charge on any atom is -0.650 e. The standard InChI is InChI=1S/C23H22N4O4.Li/c1-4-16(14-8-6-5-7-9-14)25-18-19(22(30)21(18)29)26-17-11-13(12-24)10-15(20(17)28)23(31)27(2)3;/h5-11,16H,4H2,1-3H3,(H3,25,26,28,29,30,31);/q;+1/p-1/t16-;/m1./s1. The Morgan fingerprint density at radius 2 is 1.84 bits per heavy atom. The van der Waals surface area contributed by atoms with E-state index >= 15 is 0 Å². The normalized spacial score (nSPS) is 11.2. The summed E-state index contributed by atoms with van der Waals surface area (Å²) in [5.41, 5.74) is -0.820. The van der Waals surface area contributed by atoms with Gasteiger partial charge in [0.25, 0.3) is 5.91 Å². The van der Waals surface area contributed by atoms with Gasteiger partial charge in [-0.2, -0.15) is 5.26 Å². The number of phenolic OH excluding ortho intramolecular Hbond substituents is 1. The number of rotatable bonds is 7. The molecule has 0 aliphatic rings. The van der Waals surface area contributed by atoms with Crippen LogP contribution < -0.4 is 35.0 Å². The average molecular weight is 424 g/mol. The molecule has 0 saturated carbocycles. The molecule has 3 aromatic rings. The van der Waals surface area contributed by atoms with E-state index in [9.17, 15) is 24.8 Å². The van der Waals surface area contributed by atoms with Crippen molar-refractivity contribution in [2.45, 2.75) is 19.4 Å². The molecule has 1 atom stereocenters. The Bertz CT molecular complexity index is 1240. The van der Waals surface area contributed by atoms with Gasteiger partial charge >= 0.3 is 18.9 Å². The van der Waals surface area contributed by atoms with Crippen molar-refractivity contribution in [3.8, 4) is 11.8 Å². The molecule has 0 radical (unpaired) electrons. The maximum atomic E-state index is 12.3. The maximum absolute atomic E-state index is 12.3. The monoisotopic (exact) mass is 424 g/mol. The Hall–Kier alpha value is -3.52. The van der Waals surface area contributed by atoms with Crippen molar-refractivity contribution >= 4 is 23.0 Å². The molecular formula is C23H21LiN4O4. The number of phenols is 1. The van der Waals surface area contributed by atoms with Crippen molar-refractivity contribution in [3.63, 3.8) is 0 Å². The Morgan fingerprint density at radius 3 is 2.41 bits per heavy atom. The number of hydrogen-bond acceptors (Lipinski definition) is 6. The first-order valence-electron chi connectivity index (χ1n) is 9.63. The Kier molecular flexibility index (Phi) is 7.88. The molecule has 32 heavy (non-hydrogen) atoms. The number of hydrogen-bond donors (Lipinski definition) is 2. The molecule has 0 aromatic heterocycles. The number of carbonyl (C=O) groups is 1. The molecule has 2 N–H and O–H groups in total. The van der Waals surface area contributed by atoms with Gasteiger partial charge in [0.05, 0.1) is 28.9 Å². The van der Waals surface area contributed by atoms with Gasteiger partial charge in [0, 0.05) is 14.1 Å². The van der Waals surface area contributed by atoms with E-state index in [-0.39, 0.29) is 53.1 Å². The zero-order valence-electron chi connectivity index (χ0n) is 18.3. The predicted octanol–water partition coefficient (Wildman–Crippen LogP) is 0.466. The second-order valence-electron chi connectivity index (χ2n) is 7.21. The Labute approximate surface area is 197 Å². The molecule has 0 saturated heterocycles. The Balaban J connectivity index is 0.00000363. The summed E-state index contributed by atoms with van der Waals surface area (Å²) in [6, 6.07) is 13.6. The molecule has 3 aromatic carbocycles. The molecule has 0 spiro atoms. The number of carbonyl (C=O) groups excluding carboxylic acids is 1. The topological polar surface area (TPSA) is 125 Å². The van der Waals surface area contributed by atoms with Crippen LogP contribution in [0.3, 0.4) is 0 Å². The van der Waals surface area contributed by atoms with Crippen LogP contribution in [-0.2, 0) is 0 Å². The molecule has 3 rings (SSSR count). The third kappa shape index (κ3) is 4.70. The fraction of sp³-hybridized carbons (Fsp3) is 0.217. The molecule has 9 heteroatoms. The molecule has 0 fully saturated rings. The van der Waals surface area contributed by atoms with Gasteiger partial charge in [-0.25, -0.2) is 0 Å². The number of aromatic hydroxyl groups is 1. The number of anilines is 1. The smallest absolute Gasteiger partial charge is 0.650 e. The van der Waals surface area contributed by atoms with Crippen LogP contribution >= 0.6 is 0 Å². The minimum atomic E-state index is -0.798. The van der Waals surface area contributed by atoms with Crippen LogP contribution in [0.5, 0.6) is 5.75 Å². The first-order valence-corrected chi connectivity index (χ1v) is 9.63. The molecule has 1 amide bonds. The summed E-state index contributed by atoms with van der Waals surface area (Å²) in [6.45, 7) is 1.94. The third-order valence-electron chi connectivity index (χ3n) is 4.90. The van der Waals surface area contributed by atoms with Crippen LogP contribution in [0.15, 0.2) is 52.1 Å². The van der Waals surface area contributed by atoms with Gasteiger partial charge in [0.15, 0.2) is 0 Å². The summed E-state index contributed by atoms with van der Waals surface area (Å²) in [6.07, 6.45) is 0.652. The molecule has 0 heterocycles. The summed E-state index contributed by atoms with van der Waals surface area (Å²) in [4.78, 5) is 38.0. The summed E-state index contributed by atoms with van der Waals surface area (Å²) < 4.78 is 0. The van der Waals surface area contributed by atoms with Crippen molar-refractivity contribution in [3.05, 3.63) is 84.9 Å². The van der Waals surface area contributed by atoms with Gasteiger partial charge < -0.3 is 20.6 Å². The first-order chi connectivity index (χ1) is 14.8.